The largest absolute Gasteiger partial charge is 0.364 e. The molecule has 0 aromatic heterocycles. The van der Waals surface area contributed by atoms with Crippen LogP contribution in [0.4, 0.5) is 5.69 Å². The zero-order chi connectivity index (χ0) is 18.4. The monoisotopic (exact) mass is 355 g/mol. The lowest BCUT2D eigenvalue weighted by molar-refractivity contribution is 0.167. The van der Waals surface area contributed by atoms with Crippen molar-refractivity contribution >= 4 is 11.6 Å². The van der Waals surface area contributed by atoms with Crippen molar-refractivity contribution in [2.24, 2.45) is 4.99 Å². The number of aliphatic imine (C=N–C) groups is 1. The van der Waals surface area contributed by atoms with Gasteiger partial charge < -0.3 is 20.4 Å². The number of benzene rings is 1. The highest BCUT2D eigenvalue weighted by atomic mass is 15.2. The van der Waals surface area contributed by atoms with Crippen LogP contribution in [0, 0.1) is 0 Å². The Balaban J connectivity index is 1.48. The quantitative estimate of drug-likeness (QED) is 0.484. The molecule has 1 aromatic rings. The number of rotatable bonds is 5. The third kappa shape index (κ3) is 5.01. The predicted octanol–water partition coefficient (Wildman–Crippen LogP) is 2.60. The van der Waals surface area contributed by atoms with Crippen LogP contribution in [0.1, 0.15) is 32.3 Å². The minimum absolute atomic E-state index is 0.512. The molecule has 1 aromatic carbocycles. The van der Waals surface area contributed by atoms with Crippen molar-refractivity contribution in [1.29, 1.82) is 0 Å². The van der Waals surface area contributed by atoms with Crippen LogP contribution in [-0.2, 0) is 6.54 Å². The first-order chi connectivity index (χ1) is 12.7. The molecule has 26 heavy (non-hydrogen) atoms. The van der Waals surface area contributed by atoms with Crippen molar-refractivity contribution in [1.82, 2.24) is 15.5 Å². The van der Waals surface area contributed by atoms with Gasteiger partial charge in [0.05, 0.1) is 0 Å². The van der Waals surface area contributed by atoms with E-state index < -0.39 is 0 Å². The summed E-state index contributed by atoms with van der Waals surface area (Å²) in [6.07, 6.45) is 6.80. The zero-order valence-corrected chi connectivity index (χ0v) is 16.4. The number of hydrogen-bond acceptors (Lipinski definition) is 3. The van der Waals surface area contributed by atoms with E-state index in [0.29, 0.717) is 12.1 Å². The number of nitrogens with zero attached hydrogens (tertiary/aromatic N) is 3. The summed E-state index contributed by atoms with van der Waals surface area (Å²) >= 11 is 0. The zero-order valence-electron chi connectivity index (χ0n) is 16.4. The van der Waals surface area contributed by atoms with E-state index in [1.807, 2.05) is 7.05 Å². The summed E-state index contributed by atoms with van der Waals surface area (Å²) in [5, 5.41) is 7.07. The third-order valence-electron chi connectivity index (χ3n) is 5.38. The second-order valence-electron chi connectivity index (χ2n) is 7.52. The summed E-state index contributed by atoms with van der Waals surface area (Å²) in [7, 11) is 1.85. The van der Waals surface area contributed by atoms with Crippen molar-refractivity contribution in [3.8, 4) is 0 Å². The highest BCUT2D eigenvalue weighted by molar-refractivity contribution is 5.80. The summed E-state index contributed by atoms with van der Waals surface area (Å²) in [6.45, 7) is 9.70. The van der Waals surface area contributed by atoms with E-state index in [4.69, 9.17) is 0 Å². The lowest BCUT2D eigenvalue weighted by atomic mass is 10.0. The van der Waals surface area contributed by atoms with Crippen LogP contribution in [0.15, 0.2) is 41.4 Å². The van der Waals surface area contributed by atoms with Gasteiger partial charge in [-0.2, -0.15) is 0 Å². The second-order valence-corrected chi connectivity index (χ2v) is 7.52. The van der Waals surface area contributed by atoms with Crippen LogP contribution >= 0.6 is 0 Å². The molecule has 5 nitrogen and oxygen atoms in total. The van der Waals surface area contributed by atoms with Crippen LogP contribution in [0.25, 0.3) is 0 Å². The van der Waals surface area contributed by atoms with Crippen molar-refractivity contribution < 1.29 is 0 Å². The number of piperidine rings is 1. The van der Waals surface area contributed by atoms with Gasteiger partial charge in [-0.3, -0.25) is 4.99 Å². The molecule has 2 N–H and O–H groups in total. The van der Waals surface area contributed by atoms with E-state index >= 15 is 0 Å². The molecule has 0 atom stereocenters. The fraction of sp³-hybridized carbons (Fsp3) is 0.571. The standard InChI is InChI=1S/C21H33N5/c1-17(2)25-13-9-19(10-14-25)24-21(22-3)23-16-18-7-6-8-20(15-18)26-11-4-5-12-26/h4-8,15,17,19H,9-14,16H2,1-3H3,(H2,22,23,24). The topological polar surface area (TPSA) is 42.9 Å². The number of nitrogens with one attached hydrogen (secondary N) is 2. The van der Waals surface area contributed by atoms with Gasteiger partial charge in [-0.1, -0.05) is 24.3 Å². The lowest BCUT2D eigenvalue weighted by Gasteiger charge is -2.35. The summed E-state index contributed by atoms with van der Waals surface area (Å²) in [4.78, 5) is 9.33. The molecule has 0 amide bonds. The van der Waals surface area contributed by atoms with E-state index in [-0.39, 0.29) is 0 Å². The van der Waals surface area contributed by atoms with Gasteiger partial charge in [0, 0.05) is 57.5 Å². The van der Waals surface area contributed by atoms with Crippen LogP contribution in [0.5, 0.6) is 0 Å². The Kier molecular flexibility index (Phi) is 6.56. The van der Waals surface area contributed by atoms with Gasteiger partial charge in [0.2, 0.25) is 0 Å². The SMILES string of the molecule is CN=C(NCc1cccc(N2CC=CC2)c1)NC1CCN(C(C)C)CC1. The van der Waals surface area contributed by atoms with Gasteiger partial charge in [0.1, 0.15) is 0 Å². The Hall–Kier alpha value is -2.01. The molecule has 2 aliphatic rings. The molecule has 2 heterocycles. The predicted molar refractivity (Wildman–Crippen MR) is 111 cm³/mol. The van der Waals surface area contributed by atoms with Crippen molar-refractivity contribution in [3.05, 3.63) is 42.0 Å². The maximum atomic E-state index is 4.41. The Bertz CT molecular complexity index is 621. The number of likely N-dealkylation sites (tertiary alicyclic amines) is 1. The lowest BCUT2D eigenvalue weighted by Crippen LogP contribution is -2.49. The molecule has 0 aliphatic carbocycles. The third-order valence-corrected chi connectivity index (χ3v) is 5.38. The Labute approximate surface area is 158 Å². The van der Waals surface area contributed by atoms with Gasteiger partial charge in [0.25, 0.3) is 0 Å². The number of guanidine groups is 1. The molecule has 1 fully saturated rings. The van der Waals surface area contributed by atoms with Gasteiger partial charge in [-0.25, -0.2) is 0 Å². The molecule has 1 saturated heterocycles. The normalized spacial score (nSPS) is 19.4. The van der Waals surface area contributed by atoms with Crippen molar-refractivity contribution in [3.63, 3.8) is 0 Å². The molecule has 142 valence electrons. The summed E-state index contributed by atoms with van der Waals surface area (Å²) in [5.41, 5.74) is 2.57. The molecule has 0 unspecified atom stereocenters. The Morgan fingerprint density at radius 1 is 1.19 bits per heavy atom. The molecule has 0 radical (unpaired) electrons. The molecule has 0 bridgehead atoms. The van der Waals surface area contributed by atoms with Crippen molar-refractivity contribution in [2.75, 3.05) is 38.1 Å². The highest BCUT2D eigenvalue weighted by Gasteiger charge is 2.21. The van der Waals surface area contributed by atoms with Crippen LogP contribution in [0.2, 0.25) is 0 Å². The second kappa shape index (κ2) is 9.08. The van der Waals surface area contributed by atoms with Gasteiger partial charge in [0.15, 0.2) is 5.96 Å². The van der Waals surface area contributed by atoms with E-state index in [2.05, 4.69) is 75.7 Å². The Morgan fingerprint density at radius 3 is 2.58 bits per heavy atom. The molecule has 3 rings (SSSR count). The molecular formula is C21H33N5. The first-order valence-corrected chi connectivity index (χ1v) is 9.86. The number of hydrogen-bond donors (Lipinski definition) is 2. The molecule has 5 heteroatoms. The fourth-order valence-corrected chi connectivity index (χ4v) is 3.69. The average Bonchev–Trinajstić information content (AvgIpc) is 3.20. The van der Waals surface area contributed by atoms with Crippen LogP contribution in [-0.4, -0.2) is 56.2 Å². The van der Waals surface area contributed by atoms with Crippen molar-refractivity contribution in [2.45, 2.75) is 45.3 Å². The number of anilines is 1. The summed E-state index contributed by atoms with van der Waals surface area (Å²) in [6, 6.07) is 9.93. The van der Waals surface area contributed by atoms with Gasteiger partial charge >= 0.3 is 0 Å². The maximum Gasteiger partial charge on any atom is 0.191 e. The van der Waals surface area contributed by atoms with E-state index in [0.717, 1.165) is 38.7 Å². The Morgan fingerprint density at radius 2 is 1.92 bits per heavy atom. The van der Waals surface area contributed by atoms with E-state index in [1.165, 1.54) is 24.1 Å². The minimum Gasteiger partial charge on any atom is -0.364 e. The average molecular weight is 356 g/mol. The van der Waals surface area contributed by atoms with Crippen LogP contribution < -0.4 is 15.5 Å². The molecule has 2 aliphatic heterocycles. The molecular weight excluding hydrogens is 322 g/mol. The highest BCUT2D eigenvalue weighted by Crippen LogP contribution is 2.18. The summed E-state index contributed by atoms with van der Waals surface area (Å²) < 4.78 is 0. The van der Waals surface area contributed by atoms with E-state index in [1.54, 1.807) is 0 Å². The van der Waals surface area contributed by atoms with E-state index in [9.17, 15) is 0 Å². The summed E-state index contributed by atoms with van der Waals surface area (Å²) in [5.74, 6) is 0.904. The molecule has 0 saturated carbocycles. The first kappa shape index (κ1) is 18.8. The van der Waals surface area contributed by atoms with Gasteiger partial charge in [-0.15, -0.1) is 0 Å². The van der Waals surface area contributed by atoms with Crippen LogP contribution in [0.3, 0.4) is 0 Å². The smallest absolute Gasteiger partial charge is 0.191 e. The van der Waals surface area contributed by atoms with Gasteiger partial charge in [-0.05, 0) is 44.4 Å². The maximum absolute atomic E-state index is 4.41. The minimum atomic E-state index is 0.512. The fourth-order valence-electron chi connectivity index (χ4n) is 3.69. The first-order valence-electron chi connectivity index (χ1n) is 9.86. The molecule has 0 spiro atoms.